The molecule has 0 fully saturated rings. The van der Waals surface area contributed by atoms with Gasteiger partial charge in [0.15, 0.2) is 0 Å². The molecule has 0 aromatic heterocycles. The summed E-state index contributed by atoms with van der Waals surface area (Å²) < 4.78 is 14.1. The Labute approximate surface area is 199 Å². The number of nitrogens with one attached hydrogen (secondary N) is 1. The zero-order valence-corrected chi connectivity index (χ0v) is 20.7. The standard InChI is InChI=1S/C25H32ClFN2O2S/c1-5-18(4)28-25(31)23(6-2)29(14-19-11-8-7-10-17(19)3)24(30)16-32-15-20-21(26)12-9-13-22(20)27/h7-13,18,23H,5-6,14-16H2,1-4H3,(H,28,31). The first-order valence-corrected chi connectivity index (χ1v) is 12.5. The number of aryl methyl sites for hydroxylation is 1. The lowest BCUT2D eigenvalue weighted by atomic mass is 10.1. The van der Waals surface area contributed by atoms with Crippen LogP contribution >= 0.6 is 23.4 Å². The first kappa shape index (κ1) is 26.2. The normalized spacial score (nSPS) is 12.8. The number of halogens is 2. The number of carbonyl (C=O) groups is 2. The maximum absolute atomic E-state index is 14.1. The van der Waals surface area contributed by atoms with E-state index in [1.54, 1.807) is 17.0 Å². The minimum atomic E-state index is -0.575. The van der Waals surface area contributed by atoms with Gasteiger partial charge in [0.05, 0.1) is 5.75 Å². The summed E-state index contributed by atoms with van der Waals surface area (Å²) in [4.78, 5) is 27.9. The third kappa shape index (κ3) is 7.24. The van der Waals surface area contributed by atoms with Crippen molar-refractivity contribution in [1.82, 2.24) is 10.2 Å². The van der Waals surface area contributed by atoms with E-state index in [2.05, 4.69) is 5.32 Å². The van der Waals surface area contributed by atoms with Crippen molar-refractivity contribution in [2.45, 2.75) is 64.9 Å². The van der Waals surface area contributed by atoms with E-state index in [4.69, 9.17) is 11.6 Å². The van der Waals surface area contributed by atoms with Crippen LogP contribution in [0.4, 0.5) is 4.39 Å². The van der Waals surface area contributed by atoms with Crippen molar-refractivity contribution in [3.63, 3.8) is 0 Å². The van der Waals surface area contributed by atoms with Gasteiger partial charge in [0.25, 0.3) is 0 Å². The summed E-state index contributed by atoms with van der Waals surface area (Å²) in [5.41, 5.74) is 2.45. The highest BCUT2D eigenvalue weighted by molar-refractivity contribution is 7.99. The van der Waals surface area contributed by atoms with Gasteiger partial charge in [0, 0.05) is 28.9 Å². The third-order valence-corrected chi connectivity index (χ3v) is 6.82. The number of thioether (sulfide) groups is 1. The summed E-state index contributed by atoms with van der Waals surface area (Å²) in [6.45, 7) is 8.20. The number of carbonyl (C=O) groups excluding carboxylic acids is 2. The second-order valence-corrected chi connectivity index (χ2v) is 9.28. The van der Waals surface area contributed by atoms with Crippen LogP contribution in [0.25, 0.3) is 0 Å². The predicted octanol–water partition coefficient (Wildman–Crippen LogP) is 5.74. The lowest BCUT2D eigenvalue weighted by molar-refractivity contribution is -0.139. The zero-order valence-electron chi connectivity index (χ0n) is 19.2. The molecule has 2 atom stereocenters. The second-order valence-electron chi connectivity index (χ2n) is 7.88. The SMILES string of the molecule is CCC(C)NC(=O)C(CC)N(Cc1ccccc1C)C(=O)CSCc1c(F)cccc1Cl. The molecule has 0 aliphatic carbocycles. The summed E-state index contributed by atoms with van der Waals surface area (Å²) >= 11 is 7.40. The molecule has 0 aliphatic heterocycles. The molecular formula is C25H32ClFN2O2S. The maximum Gasteiger partial charge on any atom is 0.243 e. The Bertz CT molecular complexity index is 904. The number of nitrogens with zero attached hydrogens (tertiary/aromatic N) is 1. The minimum absolute atomic E-state index is 0.0320. The Morgan fingerprint density at radius 2 is 1.84 bits per heavy atom. The molecule has 0 spiro atoms. The summed E-state index contributed by atoms with van der Waals surface area (Å²) in [6.07, 6.45) is 1.32. The second kappa shape index (κ2) is 12.9. The monoisotopic (exact) mass is 478 g/mol. The van der Waals surface area contributed by atoms with Crippen LogP contribution in [0.15, 0.2) is 42.5 Å². The van der Waals surface area contributed by atoms with Crippen molar-refractivity contribution in [3.05, 3.63) is 70.0 Å². The number of amides is 2. The van der Waals surface area contributed by atoms with Crippen molar-refractivity contribution in [1.29, 1.82) is 0 Å². The van der Waals surface area contributed by atoms with Crippen LogP contribution in [0.3, 0.4) is 0 Å². The molecule has 2 amide bonds. The van der Waals surface area contributed by atoms with Gasteiger partial charge < -0.3 is 10.2 Å². The highest BCUT2D eigenvalue weighted by Gasteiger charge is 2.29. The predicted molar refractivity (Wildman–Crippen MR) is 131 cm³/mol. The van der Waals surface area contributed by atoms with Gasteiger partial charge in [-0.1, -0.05) is 55.8 Å². The van der Waals surface area contributed by atoms with Gasteiger partial charge in [-0.3, -0.25) is 9.59 Å². The molecule has 0 saturated heterocycles. The van der Waals surface area contributed by atoms with Crippen LogP contribution in [-0.4, -0.2) is 34.6 Å². The lowest BCUT2D eigenvalue weighted by Crippen LogP contribution is -2.51. The van der Waals surface area contributed by atoms with E-state index >= 15 is 0 Å². The Morgan fingerprint density at radius 1 is 1.12 bits per heavy atom. The molecule has 2 unspecified atom stereocenters. The maximum atomic E-state index is 14.1. The van der Waals surface area contributed by atoms with Gasteiger partial charge in [-0.05, 0) is 49.9 Å². The molecule has 0 aliphatic rings. The van der Waals surface area contributed by atoms with Crippen molar-refractivity contribution in [2.75, 3.05) is 5.75 Å². The highest BCUT2D eigenvalue weighted by Crippen LogP contribution is 2.25. The topological polar surface area (TPSA) is 49.4 Å². The van der Waals surface area contributed by atoms with Crippen molar-refractivity contribution in [2.24, 2.45) is 0 Å². The number of benzene rings is 2. The Hall–Kier alpha value is -2.05. The van der Waals surface area contributed by atoms with E-state index in [0.29, 0.717) is 23.6 Å². The van der Waals surface area contributed by atoms with Crippen LogP contribution < -0.4 is 5.32 Å². The van der Waals surface area contributed by atoms with Crippen LogP contribution in [0.1, 0.15) is 50.3 Å². The van der Waals surface area contributed by atoms with Gasteiger partial charge in [-0.15, -0.1) is 11.8 Å². The van der Waals surface area contributed by atoms with Crippen LogP contribution in [0, 0.1) is 12.7 Å². The number of rotatable bonds is 11. The quantitative estimate of drug-likeness (QED) is 0.447. The Kier molecular flexibility index (Phi) is 10.5. The van der Waals surface area contributed by atoms with Crippen molar-refractivity contribution >= 4 is 35.2 Å². The average Bonchev–Trinajstić information content (AvgIpc) is 2.76. The summed E-state index contributed by atoms with van der Waals surface area (Å²) in [5, 5.41) is 3.35. The first-order valence-electron chi connectivity index (χ1n) is 10.9. The Balaban J connectivity index is 2.19. The summed E-state index contributed by atoms with van der Waals surface area (Å²) in [6, 6.07) is 11.9. The van der Waals surface area contributed by atoms with Gasteiger partial charge in [0.1, 0.15) is 11.9 Å². The molecule has 4 nitrogen and oxygen atoms in total. The molecule has 0 bridgehead atoms. The summed E-state index contributed by atoms with van der Waals surface area (Å²) in [7, 11) is 0. The fraction of sp³-hybridized carbons (Fsp3) is 0.440. The molecule has 2 aromatic rings. The van der Waals surface area contributed by atoms with Gasteiger partial charge >= 0.3 is 0 Å². The third-order valence-electron chi connectivity index (χ3n) is 5.52. The van der Waals surface area contributed by atoms with Crippen LogP contribution in [0.5, 0.6) is 0 Å². The van der Waals surface area contributed by atoms with Gasteiger partial charge in [0.2, 0.25) is 11.8 Å². The average molecular weight is 479 g/mol. The molecule has 174 valence electrons. The Morgan fingerprint density at radius 3 is 2.47 bits per heavy atom. The molecule has 0 heterocycles. The first-order chi connectivity index (χ1) is 15.3. The molecule has 0 radical (unpaired) electrons. The van der Waals surface area contributed by atoms with Gasteiger partial charge in [-0.25, -0.2) is 4.39 Å². The molecule has 0 saturated carbocycles. The smallest absolute Gasteiger partial charge is 0.243 e. The lowest BCUT2D eigenvalue weighted by Gasteiger charge is -2.32. The van der Waals surface area contributed by atoms with Crippen molar-refractivity contribution in [3.8, 4) is 0 Å². The van der Waals surface area contributed by atoms with E-state index in [1.165, 1.54) is 17.8 Å². The largest absolute Gasteiger partial charge is 0.352 e. The molecule has 32 heavy (non-hydrogen) atoms. The number of hydrogen-bond acceptors (Lipinski definition) is 3. The van der Waals surface area contributed by atoms with Crippen LogP contribution in [0.2, 0.25) is 5.02 Å². The van der Waals surface area contributed by atoms with Crippen molar-refractivity contribution < 1.29 is 14.0 Å². The van der Waals surface area contributed by atoms with E-state index in [-0.39, 0.29) is 35.2 Å². The summed E-state index contributed by atoms with van der Waals surface area (Å²) in [5.74, 6) is -0.272. The van der Waals surface area contributed by atoms with E-state index in [9.17, 15) is 14.0 Å². The van der Waals surface area contributed by atoms with E-state index in [1.807, 2.05) is 52.0 Å². The molecular weight excluding hydrogens is 447 g/mol. The molecule has 2 aromatic carbocycles. The minimum Gasteiger partial charge on any atom is -0.352 e. The zero-order chi connectivity index (χ0) is 23.7. The number of hydrogen-bond donors (Lipinski definition) is 1. The van der Waals surface area contributed by atoms with E-state index < -0.39 is 6.04 Å². The fourth-order valence-corrected chi connectivity index (χ4v) is 4.57. The van der Waals surface area contributed by atoms with E-state index in [0.717, 1.165) is 17.5 Å². The van der Waals surface area contributed by atoms with Crippen LogP contribution in [-0.2, 0) is 21.9 Å². The fourth-order valence-electron chi connectivity index (χ4n) is 3.33. The van der Waals surface area contributed by atoms with Gasteiger partial charge in [-0.2, -0.15) is 0 Å². The molecule has 1 N–H and O–H groups in total. The molecule has 7 heteroatoms. The molecule has 2 rings (SSSR count). The highest BCUT2D eigenvalue weighted by atomic mass is 35.5.